The molecule has 0 atom stereocenters. The van der Waals surface area contributed by atoms with Crippen LogP contribution in [0.5, 0.6) is 0 Å². The van der Waals surface area contributed by atoms with Gasteiger partial charge in [0.15, 0.2) is 0 Å². The van der Waals surface area contributed by atoms with Crippen LogP contribution in [0.4, 0.5) is 0 Å². The molecule has 4 fully saturated rings. The lowest BCUT2D eigenvalue weighted by Crippen LogP contribution is -2.60. The van der Waals surface area contributed by atoms with Crippen LogP contribution in [0.2, 0.25) is 0 Å². The molecule has 68 heavy (non-hydrogen) atoms. The molecule has 0 aromatic heterocycles. The van der Waals surface area contributed by atoms with Crippen molar-refractivity contribution in [3.05, 3.63) is 0 Å². The van der Waals surface area contributed by atoms with Crippen molar-refractivity contribution in [2.75, 3.05) is 13.1 Å². The van der Waals surface area contributed by atoms with Crippen molar-refractivity contribution in [3.8, 4) is 0 Å². The Bertz CT molecular complexity index is 1320. The van der Waals surface area contributed by atoms with Gasteiger partial charge >= 0.3 is 23.9 Å². The van der Waals surface area contributed by atoms with Crippen molar-refractivity contribution in [1.82, 2.24) is 30.7 Å². The molecule has 402 valence electrons. The third-order valence-electron chi connectivity index (χ3n) is 11.9. The fourth-order valence-corrected chi connectivity index (χ4v) is 9.83. The van der Waals surface area contributed by atoms with E-state index in [1.807, 2.05) is 111 Å². The Morgan fingerprint density at radius 1 is 0.353 bits per heavy atom. The van der Waals surface area contributed by atoms with Gasteiger partial charge in [-0.1, -0.05) is 0 Å². The highest BCUT2D eigenvalue weighted by molar-refractivity contribution is 5.67. The van der Waals surface area contributed by atoms with Gasteiger partial charge in [0, 0.05) is 82.5 Å². The van der Waals surface area contributed by atoms with E-state index in [0.717, 1.165) is 27.7 Å². The fraction of sp³-hybridized carbons (Fsp3) is 0.913. The maximum Gasteiger partial charge on any atom is 0.326 e. The summed E-state index contributed by atoms with van der Waals surface area (Å²) in [6.07, 6.45) is 3.88. The van der Waals surface area contributed by atoms with E-state index < -0.39 is 23.9 Å². The normalized spacial score (nSPS) is 24.5. The summed E-state index contributed by atoms with van der Waals surface area (Å²) in [5, 5.41) is 84.1. The van der Waals surface area contributed by atoms with Gasteiger partial charge in [-0.05, 0) is 162 Å². The molecule has 4 rings (SSSR count). The van der Waals surface area contributed by atoms with E-state index >= 15 is 0 Å². The number of hydrogen-bond donors (Lipinski definition) is 8. The zero-order valence-corrected chi connectivity index (χ0v) is 44.9. The summed E-state index contributed by atoms with van der Waals surface area (Å²) in [6.45, 7) is 35.0. The van der Waals surface area contributed by atoms with Gasteiger partial charge < -0.3 is 60.6 Å². The van der Waals surface area contributed by atoms with Crippen LogP contribution in [0, 0.1) is 0 Å². The minimum atomic E-state index is -0.724. The highest BCUT2D eigenvalue weighted by Gasteiger charge is 2.47. The molecule has 4 heterocycles. The van der Waals surface area contributed by atoms with Crippen LogP contribution in [0.1, 0.15) is 190 Å². The van der Waals surface area contributed by atoms with Crippen LogP contribution in [-0.2, 0) is 38.5 Å². The maximum atomic E-state index is 10.8. The Morgan fingerprint density at radius 3 is 0.574 bits per heavy atom. The van der Waals surface area contributed by atoms with Crippen molar-refractivity contribution < 1.29 is 79.8 Å². The first-order valence-electron chi connectivity index (χ1n) is 23.2. The molecule has 4 saturated heterocycles. The molecule has 0 spiro atoms. The van der Waals surface area contributed by atoms with Gasteiger partial charge in [-0.25, -0.2) is 0 Å². The van der Waals surface area contributed by atoms with Crippen molar-refractivity contribution >= 4 is 23.9 Å². The van der Waals surface area contributed by atoms with E-state index in [2.05, 4.69) is 19.4 Å². The first kappa shape index (κ1) is 65.3. The third-order valence-corrected chi connectivity index (χ3v) is 11.9. The Morgan fingerprint density at radius 2 is 0.471 bits per heavy atom. The van der Waals surface area contributed by atoms with Gasteiger partial charge in [-0.15, -0.1) is 0 Å². The van der Waals surface area contributed by atoms with E-state index in [-0.39, 0.29) is 81.8 Å². The van der Waals surface area contributed by atoms with Gasteiger partial charge in [0.2, 0.25) is 0 Å². The minimum absolute atomic E-state index is 0.223. The lowest BCUT2D eigenvalue weighted by molar-refractivity contribution is -0.354. The van der Waals surface area contributed by atoms with E-state index in [1.54, 1.807) is 0 Å². The lowest BCUT2D eigenvalue weighted by Gasteiger charge is -2.50. The van der Waals surface area contributed by atoms with Crippen molar-refractivity contribution in [2.24, 2.45) is 0 Å². The summed E-state index contributed by atoms with van der Waals surface area (Å²) in [4.78, 5) is 61.4. The molecule has 4 aliphatic rings. The molecule has 0 radical (unpaired) electrons. The van der Waals surface area contributed by atoms with Gasteiger partial charge in [0.1, 0.15) is 0 Å². The largest absolute Gasteiger partial charge is 0.393 e. The van der Waals surface area contributed by atoms with Gasteiger partial charge in [-0.2, -0.15) is 20.3 Å². The van der Waals surface area contributed by atoms with E-state index in [4.69, 9.17) is 0 Å². The standard InChI is InChI=1S/C10H16N2O8.4C9H19NO2/c1-7(13)17-11(18-8(2)14)5-6-12(19-9(3)15)20-10(4)16;4*1-8(2)5-7(11)6-9(3,4)10(8)12/h5-6H2,1-4H3;4*7,11-12H,5-6H2,1-4H3. The molecule has 8 N–H and O–H groups in total. The number of hydroxylamine groups is 12. The summed E-state index contributed by atoms with van der Waals surface area (Å²) in [6, 6.07) is 0. The Kier molecular flexibility index (Phi) is 24.1. The quantitative estimate of drug-likeness (QED) is 0.155. The predicted octanol–water partition coefficient (Wildman–Crippen LogP) is 5.06. The van der Waals surface area contributed by atoms with Gasteiger partial charge in [0.25, 0.3) is 0 Å². The average Bonchev–Trinajstić information content (AvgIpc) is 3.08. The zero-order valence-electron chi connectivity index (χ0n) is 44.9. The minimum Gasteiger partial charge on any atom is -0.393 e. The van der Waals surface area contributed by atoms with Crippen LogP contribution in [0.15, 0.2) is 0 Å². The third kappa shape index (κ3) is 21.8. The fourth-order valence-electron chi connectivity index (χ4n) is 9.83. The molecule has 0 aromatic rings. The number of nitrogens with zero attached hydrogens (tertiary/aromatic N) is 6. The van der Waals surface area contributed by atoms with Crippen molar-refractivity contribution in [1.29, 1.82) is 0 Å². The molecular formula is C46H92N6O16. The number of carbonyl (C=O) groups is 4. The second-order valence-corrected chi connectivity index (χ2v) is 23.4. The van der Waals surface area contributed by atoms with Crippen molar-refractivity contribution in [3.63, 3.8) is 0 Å². The second kappa shape index (κ2) is 25.1. The SMILES string of the molecule is CC(=O)ON(CCN(OC(C)=O)OC(C)=O)OC(C)=O.CC1(C)CC(O)CC(C)(C)N1O.CC1(C)CC(O)CC(C)(C)N1O.CC1(C)CC(O)CC(C)(C)N1O.CC1(C)CC(O)CC(C)(C)N1O. The van der Waals surface area contributed by atoms with Crippen LogP contribution < -0.4 is 0 Å². The smallest absolute Gasteiger partial charge is 0.326 e. The van der Waals surface area contributed by atoms with E-state index in [1.165, 1.54) is 20.3 Å². The summed E-state index contributed by atoms with van der Waals surface area (Å²) in [5.41, 5.74) is -2.55. The molecule has 0 aromatic carbocycles. The first-order valence-corrected chi connectivity index (χ1v) is 23.2. The van der Waals surface area contributed by atoms with Crippen LogP contribution in [0.3, 0.4) is 0 Å². The highest BCUT2D eigenvalue weighted by atomic mass is 17.0. The summed E-state index contributed by atoms with van der Waals surface area (Å²) >= 11 is 0. The molecule has 4 aliphatic heterocycles. The zero-order chi connectivity index (χ0) is 54.0. The predicted molar refractivity (Wildman–Crippen MR) is 249 cm³/mol. The number of carbonyl (C=O) groups excluding carboxylic acids is 4. The van der Waals surface area contributed by atoms with Gasteiger partial charge in [-0.3, -0.25) is 19.2 Å². The molecule has 22 heteroatoms. The van der Waals surface area contributed by atoms with Crippen LogP contribution >= 0.6 is 0 Å². The monoisotopic (exact) mass is 985 g/mol. The summed E-state index contributed by atoms with van der Waals surface area (Å²) in [5.74, 6) is -2.90. The summed E-state index contributed by atoms with van der Waals surface area (Å²) in [7, 11) is 0. The number of rotatable bonds is 7. The van der Waals surface area contributed by atoms with Crippen LogP contribution in [0.25, 0.3) is 0 Å². The molecule has 22 nitrogen and oxygen atoms in total. The summed E-state index contributed by atoms with van der Waals surface area (Å²) < 4.78 is 0. The number of piperidine rings is 4. The second-order valence-electron chi connectivity index (χ2n) is 23.4. The molecule has 0 saturated carbocycles. The van der Waals surface area contributed by atoms with E-state index in [0.29, 0.717) is 61.8 Å². The Hall–Kier alpha value is -2.68. The number of aliphatic hydroxyl groups is 4. The average molecular weight is 985 g/mol. The number of aliphatic hydroxyl groups excluding tert-OH is 4. The lowest BCUT2D eigenvalue weighted by atomic mass is 9.80. The van der Waals surface area contributed by atoms with Crippen LogP contribution in [-0.4, -0.2) is 178 Å². The Balaban J connectivity index is 0.000000839. The molecule has 0 unspecified atom stereocenters. The topological polar surface area (TPSA) is 286 Å². The van der Waals surface area contributed by atoms with E-state index in [9.17, 15) is 60.4 Å². The molecule has 0 aliphatic carbocycles. The van der Waals surface area contributed by atoms with Crippen molar-refractivity contribution in [2.45, 2.75) is 259 Å². The highest BCUT2D eigenvalue weighted by Crippen LogP contribution is 2.39. The van der Waals surface area contributed by atoms with Gasteiger partial charge in [0.05, 0.1) is 37.5 Å². The number of hydrogen-bond acceptors (Lipinski definition) is 22. The molecular weight excluding hydrogens is 893 g/mol. The first-order chi connectivity index (χ1) is 30.2. The molecule has 0 amide bonds. The Labute approximate surface area is 405 Å². The molecule has 0 bridgehead atoms. The maximum absolute atomic E-state index is 10.8.